The minimum absolute atomic E-state index is 0.329. The minimum Gasteiger partial charge on any atom is -0.492 e. The topological polar surface area (TPSA) is 44.5 Å². The molecule has 1 aromatic carbocycles. The van der Waals surface area contributed by atoms with E-state index >= 15 is 0 Å². The van der Waals surface area contributed by atoms with Crippen molar-refractivity contribution in [1.82, 2.24) is 0 Å². The van der Waals surface area contributed by atoms with Crippen LogP contribution in [-0.4, -0.2) is 24.8 Å². The molecule has 0 aliphatic carbocycles. The number of halogens is 1. The van der Waals surface area contributed by atoms with Crippen molar-refractivity contribution in [2.75, 3.05) is 19.8 Å². The second kappa shape index (κ2) is 7.48. The molecule has 0 aromatic heterocycles. The highest BCUT2D eigenvalue weighted by Crippen LogP contribution is 2.25. The maximum absolute atomic E-state index is 6.04. The average Bonchev–Trinajstić information content (AvgIpc) is 2.30. The van der Waals surface area contributed by atoms with Crippen LogP contribution in [-0.2, 0) is 4.74 Å². The van der Waals surface area contributed by atoms with Gasteiger partial charge in [-0.15, -0.1) is 0 Å². The number of benzene rings is 1. The fraction of sp³-hybridized carbons (Fsp3) is 0.417. The van der Waals surface area contributed by atoms with E-state index in [9.17, 15) is 0 Å². The Hall–Kier alpha value is -0.840. The fourth-order valence-corrected chi connectivity index (χ4v) is 1.62. The molecule has 0 atom stereocenters. The number of hydrogen-bond acceptors (Lipinski definition) is 3. The van der Waals surface area contributed by atoms with Crippen LogP contribution >= 0.6 is 23.8 Å². The third kappa shape index (κ3) is 4.89. The van der Waals surface area contributed by atoms with Crippen molar-refractivity contribution in [3.8, 4) is 5.75 Å². The lowest BCUT2D eigenvalue weighted by molar-refractivity contribution is 0.131. The van der Waals surface area contributed by atoms with Gasteiger partial charge >= 0.3 is 0 Å². The van der Waals surface area contributed by atoms with Gasteiger partial charge in [-0.05, 0) is 25.1 Å². The lowest BCUT2D eigenvalue weighted by Crippen LogP contribution is -2.09. The van der Waals surface area contributed by atoms with E-state index in [2.05, 4.69) is 0 Å². The lowest BCUT2D eigenvalue weighted by atomic mass is 10.2. The van der Waals surface area contributed by atoms with Crippen LogP contribution in [0.3, 0.4) is 0 Å². The first-order valence-electron chi connectivity index (χ1n) is 5.45. The van der Waals surface area contributed by atoms with Gasteiger partial charge < -0.3 is 15.2 Å². The molecule has 17 heavy (non-hydrogen) atoms. The molecular weight excluding hydrogens is 258 g/mol. The minimum atomic E-state index is 0.329. The van der Waals surface area contributed by atoms with Crippen molar-refractivity contribution < 1.29 is 9.47 Å². The molecule has 0 spiro atoms. The molecule has 0 heterocycles. The molecule has 5 heteroatoms. The normalized spacial score (nSPS) is 10.2. The summed E-state index contributed by atoms with van der Waals surface area (Å²) in [6.07, 6.45) is 0.835. The first-order chi connectivity index (χ1) is 8.15. The molecule has 0 saturated carbocycles. The Bertz CT molecular complexity index is 385. The zero-order valence-electron chi connectivity index (χ0n) is 9.74. The average molecular weight is 274 g/mol. The predicted octanol–water partition coefficient (Wildman–Crippen LogP) is 2.78. The molecule has 2 N–H and O–H groups in total. The van der Waals surface area contributed by atoms with Gasteiger partial charge in [0, 0.05) is 25.2 Å². The monoisotopic (exact) mass is 273 g/mol. The van der Waals surface area contributed by atoms with Gasteiger partial charge in [0.15, 0.2) is 0 Å². The summed E-state index contributed by atoms with van der Waals surface area (Å²) in [4.78, 5) is 0.329. The number of nitrogens with two attached hydrogens (primary N) is 1. The van der Waals surface area contributed by atoms with Crippen LogP contribution in [0.15, 0.2) is 18.2 Å². The van der Waals surface area contributed by atoms with E-state index in [1.54, 1.807) is 18.2 Å². The predicted molar refractivity (Wildman–Crippen MR) is 73.9 cm³/mol. The second-order valence-corrected chi connectivity index (χ2v) is 4.26. The Morgan fingerprint density at radius 2 is 2.18 bits per heavy atom. The molecule has 1 aromatic rings. The highest BCUT2D eigenvalue weighted by Gasteiger charge is 2.04. The summed E-state index contributed by atoms with van der Waals surface area (Å²) in [7, 11) is 0. The Balaban J connectivity index is 2.46. The number of rotatable bonds is 7. The van der Waals surface area contributed by atoms with E-state index in [0.717, 1.165) is 18.6 Å². The molecule has 94 valence electrons. The summed E-state index contributed by atoms with van der Waals surface area (Å²) in [6, 6.07) is 5.28. The first-order valence-corrected chi connectivity index (χ1v) is 6.23. The zero-order valence-corrected chi connectivity index (χ0v) is 11.3. The summed E-state index contributed by atoms with van der Waals surface area (Å²) in [5.74, 6) is 0.642. The summed E-state index contributed by atoms with van der Waals surface area (Å²) >= 11 is 10.9. The molecule has 3 nitrogen and oxygen atoms in total. The number of hydrogen-bond donors (Lipinski definition) is 1. The first kappa shape index (κ1) is 14.2. The van der Waals surface area contributed by atoms with Crippen LogP contribution in [0.5, 0.6) is 5.75 Å². The van der Waals surface area contributed by atoms with Gasteiger partial charge in [-0.3, -0.25) is 0 Å². The molecule has 0 fully saturated rings. The molecule has 0 amide bonds. The molecule has 0 aliphatic rings. The van der Waals surface area contributed by atoms with Crippen LogP contribution in [0.25, 0.3) is 0 Å². The Labute approximate surface area is 112 Å². The van der Waals surface area contributed by atoms with Gasteiger partial charge in [0.1, 0.15) is 10.7 Å². The van der Waals surface area contributed by atoms with Crippen molar-refractivity contribution >= 4 is 28.8 Å². The number of thiocarbonyl (C=S) groups is 1. The summed E-state index contributed by atoms with van der Waals surface area (Å²) in [5, 5.41) is 0.520. The van der Waals surface area contributed by atoms with Crippen LogP contribution < -0.4 is 10.5 Å². The highest BCUT2D eigenvalue weighted by molar-refractivity contribution is 7.80. The van der Waals surface area contributed by atoms with Crippen LogP contribution in [0.1, 0.15) is 18.9 Å². The molecule has 0 bridgehead atoms. The van der Waals surface area contributed by atoms with Crippen molar-refractivity contribution in [2.45, 2.75) is 13.3 Å². The maximum Gasteiger partial charge on any atom is 0.137 e. The van der Waals surface area contributed by atoms with E-state index in [0.29, 0.717) is 29.0 Å². The van der Waals surface area contributed by atoms with Crippen LogP contribution in [0.2, 0.25) is 5.02 Å². The van der Waals surface area contributed by atoms with Crippen LogP contribution in [0, 0.1) is 0 Å². The van der Waals surface area contributed by atoms with Gasteiger partial charge in [-0.25, -0.2) is 0 Å². The van der Waals surface area contributed by atoms with Crippen LogP contribution in [0.4, 0.5) is 0 Å². The molecule has 0 saturated heterocycles. The Kier molecular flexibility index (Phi) is 6.26. The molecule has 1 rings (SSSR count). The Morgan fingerprint density at radius 3 is 2.76 bits per heavy atom. The van der Waals surface area contributed by atoms with Gasteiger partial charge in [-0.1, -0.05) is 23.8 Å². The summed E-state index contributed by atoms with van der Waals surface area (Å²) in [6.45, 7) is 3.96. The second-order valence-electron chi connectivity index (χ2n) is 3.41. The lowest BCUT2D eigenvalue weighted by Gasteiger charge is -2.09. The quantitative estimate of drug-likeness (QED) is 0.613. The van der Waals surface area contributed by atoms with E-state index in [4.69, 9.17) is 39.0 Å². The smallest absolute Gasteiger partial charge is 0.137 e. The van der Waals surface area contributed by atoms with Gasteiger partial charge in [0.2, 0.25) is 0 Å². The van der Waals surface area contributed by atoms with E-state index in [1.807, 2.05) is 6.92 Å². The molecular formula is C12H16ClNO2S. The summed E-state index contributed by atoms with van der Waals surface area (Å²) in [5.41, 5.74) is 6.25. The van der Waals surface area contributed by atoms with Gasteiger partial charge in [0.25, 0.3) is 0 Å². The van der Waals surface area contributed by atoms with E-state index in [-0.39, 0.29) is 0 Å². The van der Waals surface area contributed by atoms with Gasteiger partial charge in [-0.2, -0.15) is 0 Å². The molecule has 0 unspecified atom stereocenters. The van der Waals surface area contributed by atoms with E-state index < -0.39 is 0 Å². The third-order valence-corrected chi connectivity index (χ3v) is 2.64. The molecule has 0 aliphatic heterocycles. The molecule has 0 radical (unpaired) electrons. The SMILES string of the molecule is CCOCCCOc1ccc(C(N)=S)cc1Cl. The Morgan fingerprint density at radius 1 is 1.41 bits per heavy atom. The van der Waals surface area contributed by atoms with Crippen molar-refractivity contribution in [1.29, 1.82) is 0 Å². The maximum atomic E-state index is 6.04. The van der Waals surface area contributed by atoms with Crippen molar-refractivity contribution in [3.63, 3.8) is 0 Å². The number of ether oxygens (including phenoxy) is 2. The third-order valence-electron chi connectivity index (χ3n) is 2.11. The fourth-order valence-electron chi connectivity index (χ4n) is 1.26. The van der Waals surface area contributed by atoms with Crippen molar-refractivity contribution in [2.24, 2.45) is 5.73 Å². The summed E-state index contributed by atoms with van der Waals surface area (Å²) < 4.78 is 10.7. The van der Waals surface area contributed by atoms with Crippen molar-refractivity contribution in [3.05, 3.63) is 28.8 Å². The zero-order chi connectivity index (χ0) is 12.7. The van der Waals surface area contributed by atoms with Gasteiger partial charge in [0.05, 0.1) is 11.6 Å². The highest BCUT2D eigenvalue weighted by atomic mass is 35.5. The standard InChI is InChI=1S/C12H16ClNO2S/c1-2-15-6-3-7-16-11-5-4-9(12(14)17)8-10(11)13/h4-5,8H,2-3,6-7H2,1H3,(H2,14,17). The van der Waals surface area contributed by atoms with E-state index in [1.165, 1.54) is 0 Å². The largest absolute Gasteiger partial charge is 0.492 e.